The molecular formula is C17H17BrN4O3. The fourth-order valence-corrected chi connectivity index (χ4v) is 2.58. The molecule has 0 aliphatic carbocycles. The van der Waals surface area contributed by atoms with Gasteiger partial charge in [0.25, 0.3) is 5.91 Å². The zero-order valence-electron chi connectivity index (χ0n) is 13.5. The van der Waals surface area contributed by atoms with Crippen molar-refractivity contribution in [3.63, 3.8) is 0 Å². The van der Waals surface area contributed by atoms with Crippen LogP contribution < -0.4 is 16.4 Å². The maximum atomic E-state index is 12.3. The first kappa shape index (κ1) is 18.6. The number of nitrogens with one attached hydrogen (secondary N) is 2. The van der Waals surface area contributed by atoms with Gasteiger partial charge in [-0.15, -0.1) is 0 Å². The van der Waals surface area contributed by atoms with Gasteiger partial charge in [-0.25, -0.2) is 4.98 Å². The average molecular weight is 405 g/mol. The number of carbonyl (C=O) groups excluding carboxylic acids is 3. The molecule has 0 unspecified atom stereocenters. The second-order valence-corrected chi connectivity index (χ2v) is 6.10. The van der Waals surface area contributed by atoms with Crippen LogP contribution in [0.5, 0.6) is 0 Å². The van der Waals surface area contributed by atoms with Crippen molar-refractivity contribution >= 4 is 39.3 Å². The van der Waals surface area contributed by atoms with Crippen molar-refractivity contribution in [2.24, 2.45) is 5.73 Å². The number of amides is 3. The largest absolute Gasteiger partial charge is 0.368 e. The predicted octanol–water partition coefficient (Wildman–Crippen LogP) is 1.63. The molecule has 25 heavy (non-hydrogen) atoms. The van der Waals surface area contributed by atoms with Gasteiger partial charge in [0.15, 0.2) is 0 Å². The van der Waals surface area contributed by atoms with Crippen molar-refractivity contribution in [3.8, 4) is 0 Å². The summed E-state index contributed by atoms with van der Waals surface area (Å²) in [5.74, 6) is -1.27. The van der Waals surface area contributed by atoms with Crippen molar-refractivity contribution in [2.75, 3.05) is 5.32 Å². The van der Waals surface area contributed by atoms with Gasteiger partial charge in [0.2, 0.25) is 11.8 Å². The van der Waals surface area contributed by atoms with Crippen LogP contribution in [-0.4, -0.2) is 28.7 Å². The van der Waals surface area contributed by atoms with E-state index in [1.807, 2.05) is 0 Å². The van der Waals surface area contributed by atoms with Gasteiger partial charge in [0, 0.05) is 30.8 Å². The predicted molar refractivity (Wildman–Crippen MR) is 96.8 cm³/mol. The first-order valence-electron chi connectivity index (χ1n) is 7.44. The summed E-state index contributed by atoms with van der Waals surface area (Å²) >= 11 is 3.30. The molecule has 0 fully saturated rings. The molecule has 0 radical (unpaired) electrons. The van der Waals surface area contributed by atoms with Gasteiger partial charge >= 0.3 is 0 Å². The minimum Gasteiger partial charge on any atom is -0.368 e. The molecule has 2 aromatic rings. The fourth-order valence-electron chi connectivity index (χ4n) is 2.16. The van der Waals surface area contributed by atoms with Gasteiger partial charge in [0.05, 0.1) is 0 Å². The van der Waals surface area contributed by atoms with Gasteiger partial charge in [0.1, 0.15) is 10.6 Å². The van der Waals surface area contributed by atoms with Crippen molar-refractivity contribution in [2.45, 2.75) is 19.4 Å². The molecule has 7 nitrogen and oxygen atoms in total. The van der Waals surface area contributed by atoms with Gasteiger partial charge < -0.3 is 16.4 Å². The maximum Gasteiger partial charge on any atom is 0.251 e. The SMILES string of the molecule is CC(=O)Nc1ccc(C(=O)N[C@@H](Cc2cccnc2Br)C(N)=O)cc1. The normalized spacial score (nSPS) is 11.4. The zero-order chi connectivity index (χ0) is 18.4. The Morgan fingerprint density at radius 1 is 1.20 bits per heavy atom. The molecule has 0 bridgehead atoms. The molecule has 8 heteroatoms. The van der Waals surface area contributed by atoms with Gasteiger partial charge in [-0.1, -0.05) is 6.07 Å². The molecule has 0 aliphatic rings. The number of rotatable bonds is 6. The lowest BCUT2D eigenvalue weighted by Gasteiger charge is -2.16. The Hall–Kier alpha value is -2.74. The Morgan fingerprint density at radius 2 is 1.88 bits per heavy atom. The van der Waals surface area contributed by atoms with E-state index < -0.39 is 17.9 Å². The van der Waals surface area contributed by atoms with Crippen LogP contribution in [0.15, 0.2) is 47.2 Å². The number of benzene rings is 1. The number of carbonyl (C=O) groups is 3. The summed E-state index contributed by atoms with van der Waals surface area (Å²) < 4.78 is 0.593. The summed E-state index contributed by atoms with van der Waals surface area (Å²) in [6.45, 7) is 1.40. The van der Waals surface area contributed by atoms with Crippen LogP contribution in [0.2, 0.25) is 0 Å². The second-order valence-electron chi connectivity index (χ2n) is 5.34. The first-order chi connectivity index (χ1) is 11.9. The number of nitrogens with zero attached hydrogens (tertiary/aromatic N) is 1. The number of pyridine rings is 1. The van der Waals surface area contributed by atoms with Crippen molar-refractivity contribution in [1.82, 2.24) is 10.3 Å². The molecule has 0 saturated carbocycles. The van der Waals surface area contributed by atoms with E-state index in [1.54, 1.807) is 42.6 Å². The summed E-state index contributed by atoms with van der Waals surface area (Å²) in [6.07, 6.45) is 1.83. The lowest BCUT2D eigenvalue weighted by Crippen LogP contribution is -2.45. The molecule has 0 aliphatic heterocycles. The summed E-state index contributed by atoms with van der Waals surface area (Å²) in [5.41, 5.74) is 7.09. The minimum absolute atomic E-state index is 0.201. The van der Waals surface area contributed by atoms with E-state index in [0.29, 0.717) is 15.9 Å². The summed E-state index contributed by atoms with van der Waals surface area (Å²) in [5, 5.41) is 5.23. The Kier molecular flexibility index (Phi) is 6.24. The van der Waals surface area contributed by atoms with Crippen LogP contribution >= 0.6 is 15.9 Å². The van der Waals surface area contributed by atoms with Crippen molar-refractivity contribution < 1.29 is 14.4 Å². The van der Waals surface area contributed by atoms with Crippen LogP contribution in [0.3, 0.4) is 0 Å². The van der Waals surface area contributed by atoms with E-state index in [2.05, 4.69) is 31.5 Å². The summed E-state index contributed by atoms with van der Waals surface area (Å²) in [6, 6.07) is 8.98. The molecule has 4 N–H and O–H groups in total. The number of hydrogen-bond acceptors (Lipinski definition) is 4. The highest BCUT2D eigenvalue weighted by molar-refractivity contribution is 9.10. The van der Waals surface area contributed by atoms with Crippen molar-refractivity contribution in [3.05, 3.63) is 58.3 Å². The van der Waals surface area contributed by atoms with Crippen LogP contribution in [0.1, 0.15) is 22.8 Å². The highest BCUT2D eigenvalue weighted by atomic mass is 79.9. The number of primary amides is 1. The van der Waals surface area contributed by atoms with Gasteiger partial charge in [-0.2, -0.15) is 0 Å². The zero-order valence-corrected chi connectivity index (χ0v) is 15.0. The first-order valence-corrected chi connectivity index (χ1v) is 8.23. The highest BCUT2D eigenvalue weighted by Gasteiger charge is 2.20. The second kappa shape index (κ2) is 8.39. The number of hydrogen-bond donors (Lipinski definition) is 3. The topological polar surface area (TPSA) is 114 Å². The molecule has 0 spiro atoms. The highest BCUT2D eigenvalue weighted by Crippen LogP contribution is 2.15. The Bertz CT molecular complexity index is 793. The quantitative estimate of drug-likeness (QED) is 0.634. The molecular weight excluding hydrogens is 388 g/mol. The third-order valence-electron chi connectivity index (χ3n) is 3.38. The van der Waals surface area contributed by atoms with Gasteiger partial charge in [-0.3, -0.25) is 14.4 Å². The monoisotopic (exact) mass is 404 g/mol. The molecule has 1 atom stereocenters. The molecule has 0 saturated heterocycles. The van der Waals surface area contributed by atoms with Gasteiger partial charge in [-0.05, 0) is 51.8 Å². The third kappa shape index (κ3) is 5.39. The Balaban J connectivity index is 2.08. The van der Waals surface area contributed by atoms with E-state index in [0.717, 1.165) is 5.56 Å². The van der Waals surface area contributed by atoms with Crippen molar-refractivity contribution in [1.29, 1.82) is 0 Å². The summed E-state index contributed by atoms with van der Waals surface area (Å²) in [4.78, 5) is 39.1. The Morgan fingerprint density at radius 3 is 2.44 bits per heavy atom. The molecule has 1 aromatic carbocycles. The van der Waals surface area contributed by atoms with Crippen LogP contribution in [-0.2, 0) is 16.0 Å². The Labute approximate surface area is 153 Å². The average Bonchev–Trinajstić information content (AvgIpc) is 2.56. The summed E-state index contributed by atoms with van der Waals surface area (Å²) in [7, 11) is 0. The van der Waals surface area contributed by atoms with E-state index >= 15 is 0 Å². The molecule has 3 amide bonds. The van der Waals surface area contributed by atoms with E-state index in [-0.39, 0.29) is 12.3 Å². The number of aromatic nitrogens is 1. The van der Waals surface area contributed by atoms with Crippen LogP contribution in [0, 0.1) is 0 Å². The third-order valence-corrected chi connectivity index (χ3v) is 4.09. The number of nitrogens with two attached hydrogens (primary N) is 1. The molecule has 1 heterocycles. The lowest BCUT2D eigenvalue weighted by atomic mass is 10.1. The van der Waals surface area contributed by atoms with Crippen LogP contribution in [0.25, 0.3) is 0 Å². The molecule has 2 rings (SSSR count). The van der Waals surface area contributed by atoms with E-state index in [9.17, 15) is 14.4 Å². The van der Waals surface area contributed by atoms with Crippen LogP contribution in [0.4, 0.5) is 5.69 Å². The number of anilines is 1. The smallest absolute Gasteiger partial charge is 0.251 e. The van der Waals surface area contributed by atoms with E-state index in [4.69, 9.17) is 5.73 Å². The minimum atomic E-state index is -0.872. The fraction of sp³-hybridized carbons (Fsp3) is 0.176. The lowest BCUT2D eigenvalue weighted by molar-refractivity contribution is -0.119. The standard InChI is InChI=1S/C17H17BrN4O3/c1-10(23)21-13-6-4-11(5-7-13)17(25)22-14(16(19)24)9-12-3-2-8-20-15(12)18/h2-8,14H,9H2,1H3,(H2,19,24)(H,21,23)(H,22,25)/t14-/m0/s1. The number of halogens is 1. The maximum absolute atomic E-state index is 12.3. The van der Waals surface area contributed by atoms with E-state index in [1.165, 1.54) is 6.92 Å². The molecule has 1 aromatic heterocycles. The molecule has 130 valence electrons.